The fourth-order valence-corrected chi connectivity index (χ4v) is 1.66. The van der Waals surface area contributed by atoms with Crippen molar-refractivity contribution in [3.8, 4) is 0 Å². The molecular weight excluding hydrogens is 278 g/mol. The Morgan fingerprint density at radius 3 is 1.59 bits per heavy atom. The number of aliphatic hydroxyl groups is 1. The Labute approximate surface area is 135 Å². The van der Waals surface area contributed by atoms with Crippen LogP contribution in [0.1, 0.15) is 50.5 Å². The van der Waals surface area contributed by atoms with Gasteiger partial charge in [-0.2, -0.15) is 0 Å². The first-order chi connectivity index (χ1) is 10.5. The second-order valence-corrected chi connectivity index (χ2v) is 4.31. The van der Waals surface area contributed by atoms with Crippen molar-refractivity contribution in [2.24, 2.45) is 0 Å². The first-order valence-electron chi connectivity index (χ1n) is 7.52. The minimum atomic E-state index is 0.0405. The van der Waals surface area contributed by atoms with Crippen LogP contribution in [0.25, 0.3) is 0 Å². The lowest BCUT2D eigenvalue weighted by Crippen LogP contribution is -2.10. The molecule has 0 spiro atoms. The van der Waals surface area contributed by atoms with E-state index in [1.165, 1.54) is 0 Å². The van der Waals surface area contributed by atoms with Gasteiger partial charge in [-0.25, -0.2) is 9.97 Å². The predicted octanol–water partition coefficient (Wildman–Crippen LogP) is 1.07. The number of oxazole rings is 2. The third-order valence-electron chi connectivity index (χ3n) is 2.48. The quantitative estimate of drug-likeness (QED) is 0.855. The summed E-state index contributed by atoms with van der Waals surface area (Å²) in [6, 6.07) is 0. The zero-order valence-corrected chi connectivity index (χ0v) is 14.1. The van der Waals surface area contributed by atoms with Crippen molar-refractivity contribution >= 4 is 26.9 Å². The van der Waals surface area contributed by atoms with E-state index in [1.54, 1.807) is 13.8 Å². The van der Waals surface area contributed by atoms with Gasteiger partial charge >= 0.3 is 0 Å². The molecule has 2 aromatic rings. The average molecular weight is 302 g/mol. The Morgan fingerprint density at radius 2 is 1.32 bits per heavy atom. The number of nitrogens with zero attached hydrogens (tertiary/aromatic N) is 2. The Balaban J connectivity index is 0.000000360. The number of aryl methyl sites for hydroxylation is 3. The molecule has 2 aromatic heterocycles. The van der Waals surface area contributed by atoms with Crippen molar-refractivity contribution in [1.82, 2.24) is 9.97 Å². The smallest absolute Gasteiger partial charge is 0.190 e. The SMILES string of the molecule is CC.[B]c1nc(C)oc1CCC.[B]c1nc(C)oc1CCO. The summed E-state index contributed by atoms with van der Waals surface area (Å²) in [7, 11) is 10.9. The first kappa shape index (κ1) is 20.5. The molecule has 5 nitrogen and oxygen atoms in total. The number of rotatable bonds is 4. The van der Waals surface area contributed by atoms with E-state index in [2.05, 4.69) is 16.9 Å². The van der Waals surface area contributed by atoms with Gasteiger partial charge in [0, 0.05) is 37.9 Å². The lowest BCUT2D eigenvalue weighted by Gasteiger charge is -1.90. The van der Waals surface area contributed by atoms with Crippen molar-refractivity contribution in [2.75, 3.05) is 6.61 Å². The molecule has 0 unspecified atom stereocenters. The predicted molar refractivity (Wildman–Crippen MR) is 89.4 cm³/mol. The molecule has 0 aliphatic rings. The van der Waals surface area contributed by atoms with Crippen molar-refractivity contribution in [2.45, 2.75) is 53.9 Å². The van der Waals surface area contributed by atoms with Gasteiger partial charge in [-0.05, 0) is 6.42 Å². The summed E-state index contributed by atoms with van der Waals surface area (Å²) in [5, 5.41) is 8.51. The highest BCUT2D eigenvalue weighted by atomic mass is 16.4. The van der Waals surface area contributed by atoms with Gasteiger partial charge in [-0.15, -0.1) is 0 Å². The summed E-state index contributed by atoms with van der Waals surface area (Å²) in [5.74, 6) is 2.59. The largest absolute Gasteiger partial charge is 0.447 e. The molecule has 0 saturated heterocycles. The van der Waals surface area contributed by atoms with Crippen LogP contribution < -0.4 is 11.2 Å². The zero-order valence-electron chi connectivity index (χ0n) is 14.1. The maximum absolute atomic E-state index is 8.51. The van der Waals surface area contributed by atoms with Gasteiger partial charge in [0.15, 0.2) is 11.8 Å². The summed E-state index contributed by atoms with van der Waals surface area (Å²) >= 11 is 0. The van der Waals surface area contributed by atoms with Crippen LogP contribution in [-0.2, 0) is 12.8 Å². The maximum atomic E-state index is 8.51. The molecule has 2 rings (SSSR count). The fourth-order valence-electron chi connectivity index (χ4n) is 1.66. The first-order valence-corrected chi connectivity index (χ1v) is 7.52. The number of hydrogen-bond donors (Lipinski definition) is 1. The highest BCUT2D eigenvalue weighted by Crippen LogP contribution is 2.01. The van der Waals surface area contributed by atoms with Gasteiger partial charge in [0.25, 0.3) is 0 Å². The molecule has 2 heterocycles. The Morgan fingerprint density at radius 1 is 0.909 bits per heavy atom. The van der Waals surface area contributed by atoms with Gasteiger partial charge in [0.2, 0.25) is 0 Å². The highest BCUT2D eigenvalue weighted by Gasteiger charge is 2.04. The summed E-state index contributed by atoms with van der Waals surface area (Å²) in [6.07, 6.45) is 2.36. The normalized spacial score (nSPS) is 9.55. The molecule has 22 heavy (non-hydrogen) atoms. The molecule has 0 fully saturated rings. The molecule has 4 radical (unpaired) electrons. The number of hydrogen-bond acceptors (Lipinski definition) is 5. The van der Waals surface area contributed by atoms with Gasteiger partial charge < -0.3 is 13.9 Å². The number of aromatic nitrogens is 2. The minimum absolute atomic E-state index is 0.0405. The van der Waals surface area contributed by atoms with E-state index in [9.17, 15) is 0 Å². The van der Waals surface area contributed by atoms with Crippen LogP contribution in [0.15, 0.2) is 8.83 Å². The van der Waals surface area contributed by atoms with E-state index in [1.807, 2.05) is 13.8 Å². The molecule has 0 atom stereocenters. The molecule has 0 bridgehead atoms. The molecule has 0 aliphatic carbocycles. The van der Waals surface area contributed by atoms with Crippen LogP contribution in [0.4, 0.5) is 0 Å². The minimum Gasteiger partial charge on any atom is -0.447 e. The lowest BCUT2D eigenvalue weighted by atomic mass is 10.0. The maximum Gasteiger partial charge on any atom is 0.190 e. The van der Waals surface area contributed by atoms with Gasteiger partial charge in [-0.3, -0.25) is 0 Å². The molecule has 0 aliphatic heterocycles. The summed E-state index contributed by atoms with van der Waals surface area (Å²) < 4.78 is 10.3. The van der Waals surface area contributed by atoms with Crippen molar-refractivity contribution < 1.29 is 13.9 Å². The highest BCUT2D eigenvalue weighted by molar-refractivity contribution is 6.31. The monoisotopic (exact) mass is 302 g/mol. The van der Waals surface area contributed by atoms with Crippen LogP contribution >= 0.6 is 0 Å². The van der Waals surface area contributed by atoms with Crippen LogP contribution in [0, 0.1) is 13.8 Å². The fraction of sp³-hybridized carbons (Fsp3) is 0.600. The Hall–Kier alpha value is -1.49. The molecule has 1 N–H and O–H groups in total. The standard InChI is InChI=1S/C7H10BNO.C6H8BNO2.C2H6/c1-3-4-6-7(8)9-5(2)10-6;1-4-8-6(7)5(10-4)2-3-9;1-2/h3-4H2,1-2H3;9H,2-3H2,1H3;1-2H3. The van der Waals surface area contributed by atoms with E-state index in [-0.39, 0.29) is 6.61 Å². The van der Waals surface area contributed by atoms with E-state index in [4.69, 9.17) is 29.6 Å². The van der Waals surface area contributed by atoms with E-state index >= 15 is 0 Å². The molecule has 0 aromatic carbocycles. The molecule has 118 valence electrons. The van der Waals surface area contributed by atoms with Crippen LogP contribution in [-0.4, -0.2) is 37.4 Å². The summed E-state index contributed by atoms with van der Waals surface area (Å²) in [6.45, 7) is 9.64. The van der Waals surface area contributed by atoms with E-state index < -0.39 is 0 Å². The second kappa shape index (κ2) is 11.1. The van der Waals surface area contributed by atoms with Gasteiger partial charge in [0.1, 0.15) is 27.2 Å². The lowest BCUT2D eigenvalue weighted by molar-refractivity contribution is 0.287. The van der Waals surface area contributed by atoms with Crippen LogP contribution in [0.3, 0.4) is 0 Å². The molecule has 0 saturated carbocycles. The average Bonchev–Trinajstić information content (AvgIpc) is 2.96. The third kappa shape index (κ3) is 6.98. The summed E-state index contributed by atoms with van der Waals surface area (Å²) in [5.41, 5.74) is 0.922. The van der Waals surface area contributed by atoms with Gasteiger partial charge in [0.05, 0.1) is 6.61 Å². The van der Waals surface area contributed by atoms with Crippen molar-refractivity contribution in [3.05, 3.63) is 23.3 Å². The van der Waals surface area contributed by atoms with Crippen LogP contribution in [0.5, 0.6) is 0 Å². The molecule has 0 amide bonds. The topological polar surface area (TPSA) is 72.3 Å². The summed E-state index contributed by atoms with van der Waals surface area (Å²) in [4.78, 5) is 7.77. The van der Waals surface area contributed by atoms with E-state index in [0.717, 1.165) is 18.6 Å². The zero-order chi connectivity index (χ0) is 17.1. The molecular formula is C15H24B2N2O3. The van der Waals surface area contributed by atoms with E-state index in [0.29, 0.717) is 35.1 Å². The van der Waals surface area contributed by atoms with Crippen molar-refractivity contribution in [1.29, 1.82) is 0 Å². The molecule has 7 heteroatoms. The Kier molecular flexibility index (Phi) is 10.4. The van der Waals surface area contributed by atoms with Crippen molar-refractivity contribution in [3.63, 3.8) is 0 Å². The second-order valence-electron chi connectivity index (χ2n) is 4.31. The number of aliphatic hydroxyl groups excluding tert-OH is 1. The van der Waals surface area contributed by atoms with Gasteiger partial charge in [-0.1, -0.05) is 20.8 Å². The van der Waals surface area contributed by atoms with Crippen LogP contribution in [0.2, 0.25) is 0 Å². The Bertz CT molecular complexity index is 491. The third-order valence-corrected chi connectivity index (χ3v) is 2.48.